The summed E-state index contributed by atoms with van der Waals surface area (Å²) in [4.78, 5) is 3.79. The Morgan fingerprint density at radius 3 is 1.33 bits per heavy atom. The number of nitrogens with zero attached hydrogens (tertiary/aromatic N) is 1. The number of benzene rings is 9. The highest BCUT2D eigenvalue weighted by molar-refractivity contribution is 7.22. The van der Waals surface area contributed by atoms with Gasteiger partial charge in [-0.2, -0.15) is 0 Å². The Labute approximate surface area is 337 Å². The molecule has 0 amide bonds. The van der Waals surface area contributed by atoms with Crippen LogP contribution in [0, 0.1) is 0 Å². The second kappa shape index (κ2) is 13.2. The highest BCUT2D eigenvalue weighted by Crippen LogP contribution is 2.56. The SMILES string of the molecule is CC1(C)c2cc(-c3ccc(N(c4ccc(-c5ccc6ccccc6c5)cc4)c4ccc(-c5ccc6ccccc6c5)cc4)cc3)ccc2-c2sc3ccccc3c21. The van der Waals surface area contributed by atoms with Crippen LogP contribution < -0.4 is 4.90 Å². The summed E-state index contributed by atoms with van der Waals surface area (Å²) in [5.41, 5.74) is 14.9. The Bertz CT molecular complexity index is 3010. The zero-order chi connectivity index (χ0) is 38.1. The van der Waals surface area contributed by atoms with Gasteiger partial charge in [0.15, 0.2) is 0 Å². The smallest absolute Gasteiger partial charge is 0.0462 e. The second-order valence-corrected chi connectivity index (χ2v) is 16.8. The van der Waals surface area contributed by atoms with Crippen molar-refractivity contribution in [3.63, 3.8) is 0 Å². The largest absolute Gasteiger partial charge is 0.311 e. The fourth-order valence-corrected chi connectivity index (χ4v) is 10.4. The second-order valence-electron chi connectivity index (χ2n) is 15.8. The number of thiophene rings is 1. The average molecular weight is 746 g/mol. The first-order valence-electron chi connectivity index (χ1n) is 19.7. The van der Waals surface area contributed by atoms with Crippen LogP contribution in [0.15, 0.2) is 200 Å². The van der Waals surface area contributed by atoms with Crippen molar-refractivity contribution in [2.45, 2.75) is 19.3 Å². The number of anilines is 3. The van der Waals surface area contributed by atoms with Crippen molar-refractivity contribution in [3.8, 4) is 43.8 Å². The topological polar surface area (TPSA) is 3.24 Å². The van der Waals surface area contributed by atoms with Gasteiger partial charge in [-0.1, -0.05) is 153 Å². The van der Waals surface area contributed by atoms with Gasteiger partial charge < -0.3 is 4.90 Å². The standard InChI is InChI=1S/C55H39NS/c1-55(2)51-35-45(25-32-49(51)54-53(55)50-13-7-8-14-52(50)57-54)40-23-30-48(31-24-40)56(46-26-19-38(20-27-46)43-17-15-36-9-3-5-11-41(36)33-43)47-28-21-39(22-29-47)44-18-16-37-10-4-6-12-42(37)34-44/h3-35H,1-2H3. The molecule has 2 heteroatoms. The zero-order valence-electron chi connectivity index (χ0n) is 31.9. The van der Waals surface area contributed by atoms with Crippen LogP contribution in [0.1, 0.15) is 25.0 Å². The van der Waals surface area contributed by atoms with Gasteiger partial charge in [-0.05, 0) is 138 Å². The predicted molar refractivity (Wildman–Crippen MR) is 245 cm³/mol. The molecule has 0 saturated heterocycles. The van der Waals surface area contributed by atoms with E-state index in [0.717, 1.165) is 17.1 Å². The van der Waals surface area contributed by atoms with Gasteiger partial charge in [0.25, 0.3) is 0 Å². The molecular formula is C55H39NS. The summed E-state index contributed by atoms with van der Waals surface area (Å²) in [5, 5.41) is 6.41. The van der Waals surface area contributed by atoms with Crippen LogP contribution in [-0.2, 0) is 5.41 Å². The first kappa shape index (κ1) is 33.6. The summed E-state index contributed by atoms with van der Waals surface area (Å²) in [5.74, 6) is 0. The summed E-state index contributed by atoms with van der Waals surface area (Å²) in [6.07, 6.45) is 0. The Balaban J connectivity index is 0.954. The fraction of sp³-hybridized carbons (Fsp3) is 0.0545. The van der Waals surface area contributed by atoms with Gasteiger partial charge in [0.05, 0.1) is 0 Å². The lowest BCUT2D eigenvalue weighted by Crippen LogP contribution is -2.15. The highest BCUT2D eigenvalue weighted by atomic mass is 32.1. The molecule has 9 aromatic carbocycles. The van der Waals surface area contributed by atoms with Crippen LogP contribution >= 0.6 is 11.3 Å². The molecule has 1 nitrogen and oxygen atoms in total. The highest BCUT2D eigenvalue weighted by Gasteiger charge is 2.38. The molecule has 0 saturated carbocycles. The normalized spacial score (nSPS) is 12.9. The van der Waals surface area contributed by atoms with Gasteiger partial charge in [-0.3, -0.25) is 0 Å². The summed E-state index contributed by atoms with van der Waals surface area (Å²) in [6, 6.07) is 73.6. The molecule has 0 atom stereocenters. The van der Waals surface area contributed by atoms with E-state index in [1.54, 1.807) is 0 Å². The van der Waals surface area contributed by atoms with Crippen molar-refractivity contribution in [3.05, 3.63) is 211 Å². The van der Waals surface area contributed by atoms with Gasteiger partial charge in [-0.25, -0.2) is 0 Å². The van der Waals surface area contributed by atoms with Crippen molar-refractivity contribution < 1.29 is 0 Å². The van der Waals surface area contributed by atoms with E-state index in [1.165, 1.54) is 86.6 Å². The van der Waals surface area contributed by atoms with E-state index in [9.17, 15) is 0 Å². The lowest BCUT2D eigenvalue weighted by molar-refractivity contribution is 0.667. The van der Waals surface area contributed by atoms with Crippen molar-refractivity contribution in [1.82, 2.24) is 0 Å². The molecule has 0 N–H and O–H groups in total. The molecule has 10 aromatic rings. The monoisotopic (exact) mass is 745 g/mol. The molecule has 11 rings (SSSR count). The number of hydrogen-bond donors (Lipinski definition) is 0. The molecule has 270 valence electrons. The molecule has 1 aliphatic carbocycles. The molecule has 1 heterocycles. The lowest BCUT2D eigenvalue weighted by atomic mass is 9.80. The van der Waals surface area contributed by atoms with Gasteiger partial charge in [0.2, 0.25) is 0 Å². The summed E-state index contributed by atoms with van der Waals surface area (Å²) >= 11 is 1.93. The number of rotatable bonds is 6. The third kappa shape index (κ3) is 5.67. The van der Waals surface area contributed by atoms with E-state index < -0.39 is 0 Å². The predicted octanol–water partition coefficient (Wildman–Crippen LogP) is 16.0. The minimum Gasteiger partial charge on any atom is -0.311 e. The van der Waals surface area contributed by atoms with Gasteiger partial charge in [0.1, 0.15) is 0 Å². The molecular weight excluding hydrogens is 707 g/mol. The van der Waals surface area contributed by atoms with E-state index in [0.29, 0.717) is 0 Å². The van der Waals surface area contributed by atoms with Crippen molar-refractivity contribution >= 4 is 60.0 Å². The minimum atomic E-state index is -0.0605. The Kier molecular flexibility index (Phi) is 7.77. The number of hydrogen-bond acceptors (Lipinski definition) is 2. The zero-order valence-corrected chi connectivity index (χ0v) is 32.7. The molecule has 0 aliphatic heterocycles. The molecule has 0 radical (unpaired) electrons. The Hall–Kier alpha value is -6.74. The molecule has 0 fully saturated rings. The Morgan fingerprint density at radius 1 is 0.386 bits per heavy atom. The van der Waals surface area contributed by atoms with Gasteiger partial charge >= 0.3 is 0 Å². The summed E-state index contributed by atoms with van der Waals surface area (Å²) in [6.45, 7) is 4.77. The van der Waals surface area contributed by atoms with Crippen LogP contribution in [0.25, 0.3) is 75.5 Å². The third-order valence-electron chi connectivity index (χ3n) is 12.0. The van der Waals surface area contributed by atoms with E-state index in [4.69, 9.17) is 0 Å². The van der Waals surface area contributed by atoms with Crippen molar-refractivity contribution in [2.24, 2.45) is 0 Å². The van der Waals surface area contributed by atoms with Gasteiger partial charge in [-0.15, -0.1) is 11.3 Å². The molecule has 1 aromatic heterocycles. The number of fused-ring (bicyclic) bond motifs is 7. The molecule has 57 heavy (non-hydrogen) atoms. The Morgan fingerprint density at radius 2 is 0.807 bits per heavy atom. The van der Waals surface area contributed by atoms with Crippen LogP contribution in [0.4, 0.5) is 17.1 Å². The van der Waals surface area contributed by atoms with Crippen LogP contribution in [0.2, 0.25) is 0 Å². The maximum absolute atomic E-state index is 2.43. The van der Waals surface area contributed by atoms with E-state index in [1.807, 2.05) is 11.3 Å². The van der Waals surface area contributed by atoms with Crippen molar-refractivity contribution in [2.75, 3.05) is 4.90 Å². The first-order chi connectivity index (χ1) is 28.0. The van der Waals surface area contributed by atoms with Crippen LogP contribution in [0.5, 0.6) is 0 Å². The molecule has 1 aliphatic rings. The minimum absolute atomic E-state index is 0.0605. The summed E-state index contributed by atoms with van der Waals surface area (Å²) in [7, 11) is 0. The van der Waals surface area contributed by atoms with E-state index >= 15 is 0 Å². The van der Waals surface area contributed by atoms with E-state index in [2.05, 4.69) is 219 Å². The van der Waals surface area contributed by atoms with Crippen LogP contribution in [0.3, 0.4) is 0 Å². The average Bonchev–Trinajstić information content (AvgIpc) is 3.77. The van der Waals surface area contributed by atoms with Crippen LogP contribution in [-0.4, -0.2) is 0 Å². The molecule has 0 bridgehead atoms. The maximum atomic E-state index is 2.43. The third-order valence-corrected chi connectivity index (χ3v) is 13.2. The quantitative estimate of drug-likeness (QED) is 0.164. The molecule has 0 unspecified atom stereocenters. The van der Waals surface area contributed by atoms with E-state index in [-0.39, 0.29) is 5.41 Å². The van der Waals surface area contributed by atoms with Gasteiger partial charge in [0, 0.05) is 32.1 Å². The molecule has 0 spiro atoms. The maximum Gasteiger partial charge on any atom is 0.0462 e. The summed E-state index contributed by atoms with van der Waals surface area (Å²) < 4.78 is 1.37. The first-order valence-corrected chi connectivity index (χ1v) is 20.6. The fourth-order valence-electron chi connectivity index (χ4n) is 9.02. The lowest BCUT2D eigenvalue weighted by Gasteiger charge is -2.26. The van der Waals surface area contributed by atoms with Crippen molar-refractivity contribution in [1.29, 1.82) is 0 Å².